The second-order valence-electron chi connectivity index (χ2n) is 5.61. The molecule has 0 saturated carbocycles. The zero-order chi connectivity index (χ0) is 12.5. The van der Waals surface area contributed by atoms with Crippen LogP contribution in [0.4, 0.5) is 4.39 Å². The van der Waals surface area contributed by atoms with E-state index in [1.807, 2.05) is 6.07 Å². The van der Waals surface area contributed by atoms with Gasteiger partial charge in [0, 0.05) is 19.1 Å². The minimum absolute atomic E-state index is 0.119. The lowest BCUT2D eigenvalue weighted by Crippen LogP contribution is -2.29. The zero-order valence-corrected chi connectivity index (χ0v) is 10.9. The van der Waals surface area contributed by atoms with Crippen molar-refractivity contribution in [1.29, 1.82) is 0 Å². The van der Waals surface area contributed by atoms with Crippen LogP contribution in [0.1, 0.15) is 24.9 Å². The molecule has 2 saturated heterocycles. The van der Waals surface area contributed by atoms with Crippen LogP contribution in [-0.2, 0) is 0 Å². The van der Waals surface area contributed by atoms with Crippen molar-refractivity contribution in [3.05, 3.63) is 35.6 Å². The summed E-state index contributed by atoms with van der Waals surface area (Å²) in [6.45, 7) is 6.82. The van der Waals surface area contributed by atoms with Gasteiger partial charge < -0.3 is 5.32 Å². The molecule has 2 aliphatic rings. The Hall–Kier alpha value is -0.930. The molecule has 2 fully saturated rings. The standard InChI is InChI=1S/C15H21FN2/c1-2-15(11-4-3-5-14(16)6-11)18-9-12-7-17-8-13(12)10-18/h3-6,12-13,15,17H,2,7-10H2,1H3/t12-,13+,15?. The average molecular weight is 248 g/mol. The number of likely N-dealkylation sites (tertiary alicyclic amines) is 1. The summed E-state index contributed by atoms with van der Waals surface area (Å²) in [4.78, 5) is 2.55. The fourth-order valence-corrected chi connectivity index (χ4v) is 3.56. The van der Waals surface area contributed by atoms with Gasteiger partial charge in [-0.15, -0.1) is 0 Å². The van der Waals surface area contributed by atoms with Gasteiger partial charge in [0.2, 0.25) is 0 Å². The highest BCUT2D eigenvalue weighted by atomic mass is 19.1. The first-order valence-corrected chi connectivity index (χ1v) is 6.98. The van der Waals surface area contributed by atoms with Gasteiger partial charge in [0.1, 0.15) is 5.82 Å². The second-order valence-corrected chi connectivity index (χ2v) is 5.61. The first-order valence-electron chi connectivity index (χ1n) is 6.98. The summed E-state index contributed by atoms with van der Waals surface area (Å²) >= 11 is 0. The van der Waals surface area contributed by atoms with E-state index < -0.39 is 0 Å². The third-order valence-corrected chi connectivity index (χ3v) is 4.48. The van der Waals surface area contributed by atoms with Gasteiger partial charge in [-0.3, -0.25) is 4.90 Å². The van der Waals surface area contributed by atoms with Crippen molar-refractivity contribution in [2.75, 3.05) is 26.2 Å². The molecule has 98 valence electrons. The molecule has 0 bridgehead atoms. The Labute approximate surface area is 108 Å². The summed E-state index contributed by atoms with van der Waals surface area (Å²) in [5.74, 6) is 1.48. The fraction of sp³-hybridized carbons (Fsp3) is 0.600. The lowest BCUT2D eigenvalue weighted by Gasteiger charge is -2.28. The Morgan fingerprint density at radius 1 is 1.33 bits per heavy atom. The van der Waals surface area contributed by atoms with Crippen LogP contribution in [-0.4, -0.2) is 31.1 Å². The molecule has 3 rings (SSSR count). The van der Waals surface area contributed by atoms with Crippen LogP contribution in [0, 0.1) is 17.7 Å². The predicted octanol–water partition coefficient (Wildman–Crippen LogP) is 2.43. The van der Waals surface area contributed by atoms with Crippen LogP contribution in [0.5, 0.6) is 0 Å². The molecule has 0 spiro atoms. The van der Waals surface area contributed by atoms with Gasteiger partial charge in [0.15, 0.2) is 0 Å². The maximum absolute atomic E-state index is 13.4. The first-order chi connectivity index (χ1) is 8.78. The normalized spacial score (nSPS) is 29.4. The van der Waals surface area contributed by atoms with E-state index in [9.17, 15) is 4.39 Å². The molecule has 1 N–H and O–H groups in total. The van der Waals surface area contributed by atoms with Crippen molar-refractivity contribution in [3.8, 4) is 0 Å². The minimum atomic E-state index is -0.119. The maximum Gasteiger partial charge on any atom is 0.123 e. The van der Waals surface area contributed by atoms with Gasteiger partial charge in [0.05, 0.1) is 0 Å². The van der Waals surface area contributed by atoms with E-state index >= 15 is 0 Å². The molecule has 1 aromatic carbocycles. The molecule has 0 aromatic heterocycles. The summed E-state index contributed by atoms with van der Waals surface area (Å²) in [6.07, 6.45) is 1.05. The van der Waals surface area contributed by atoms with Gasteiger partial charge in [-0.05, 0) is 49.0 Å². The second kappa shape index (κ2) is 4.98. The lowest BCUT2D eigenvalue weighted by atomic mass is 10.0. The van der Waals surface area contributed by atoms with E-state index in [2.05, 4.69) is 23.2 Å². The third kappa shape index (κ3) is 2.17. The SMILES string of the molecule is CCC(c1cccc(F)c1)N1C[C@H]2CNC[C@H]2C1. The summed E-state index contributed by atoms with van der Waals surface area (Å²) < 4.78 is 13.4. The van der Waals surface area contributed by atoms with E-state index in [0.29, 0.717) is 6.04 Å². The van der Waals surface area contributed by atoms with Gasteiger partial charge in [-0.1, -0.05) is 19.1 Å². The molecule has 0 aliphatic carbocycles. The Kier molecular flexibility index (Phi) is 3.35. The van der Waals surface area contributed by atoms with Crippen molar-refractivity contribution in [1.82, 2.24) is 10.2 Å². The predicted molar refractivity (Wildman–Crippen MR) is 70.9 cm³/mol. The van der Waals surface area contributed by atoms with Crippen molar-refractivity contribution < 1.29 is 4.39 Å². The number of nitrogens with one attached hydrogen (secondary N) is 1. The van der Waals surface area contributed by atoms with Crippen LogP contribution in [0.15, 0.2) is 24.3 Å². The molecule has 2 nitrogen and oxygen atoms in total. The molecule has 2 heterocycles. The number of halogens is 1. The summed E-state index contributed by atoms with van der Waals surface area (Å²) in [5.41, 5.74) is 1.13. The van der Waals surface area contributed by atoms with Gasteiger partial charge in [-0.2, -0.15) is 0 Å². The molecule has 1 aromatic rings. The number of benzene rings is 1. The molecule has 2 aliphatic heterocycles. The maximum atomic E-state index is 13.4. The van der Waals surface area contributed by atoms with Crippen LogP contribution >= 0.6 is 0 Å². The van der Waals surface area contributed by atoms with Crippen LogP contribution < -0.4 is 5.32 Å². The van der Waals surface area contributed by atoms with Gasteiger partial charge in [0.25, 0.3) is 0 Å². The highest BCUT2D eigenvalue weighted by Gasteiger charge is 2.38. The molecule has 3 heteroatoms. The Morgan fingerprint density at radius 2 is 2.06 bits per heavy atom. The minimum Gasteiger partial charge on any atom is -0.316 e. The van der Waals surface area contributed by atoms with Crippen molar-refractivity contribution >= 4 is 0 Å². The number of rotatable bonds is 3. The summed E-state index contributed by atoms with van der Waals surface area (Å²) in [5, 5.41) is 3.46. The smallest absolute Gasteiger partial charge is 0.123 e. The monoisotopic (exact) mass is 248 g/mol. The molecule has 3 atom stereocenters. The average Bonchev–Trinajstić information content (AvgIpc) is 2.91. The highest BCUT2D eigenvalue weighted by Crippen LogP contribution is 2.34. The molecular formula is C15H21FN2. The molecule has 18 heavy (non-hydrogen) atoms. The van der Waals surface area contributed by atoms with E-state index in [4.69, 9.17) is 0 Å². The molecule has 0 radical (unpaired) electrons. The van der Waals surface area contributed by atoms with Crippen LogP contribution in [0.2, 0.25) is 0 Å². The summed E-state index contributed by atoms with van der Waals surface area (Å²) in [7, 11) is 0. The number of hydrogen-bond acceptors (Lipinski definition) is 2. The Balaban J connectivity index is 1.77. The van der Waals surface area contributed by atoms with E-state index in [0.717, 1.165) is 50.0 Å². The van der Waals surface area contributed by atoms with Crippen molar-refractivity contribution in [2.24, 2.45) is 11.8 Å². The Morgan fingerprint density at radius 3 is 2.67 bits per heavy atom. The highest BCUT2D eigenvalue weighted by molar-refractivity contribution is 5.20. The zero-order valence-electron chi connectivity index (χ0n) is 10.9. The molecule has 0 amide bonds. The van der Waals surface area contributed by atoms with Crippen LogP contribution in [0.3, 0.4) is 0 Å². The van der Waals surface area contributed by atoms with Crippen molar-refractivity contribution in [2.45, 2.75) is 19.4 Å². The van der Waals surface area contributed by atoms with Gasteiger partial charge in [-0.25, -0.2) is 4.39 Å². The fourth-order valence-electron chi connectivity index (χ4n) is 3.56. The topological polar surface area (TPSA) is 15.3 Å². The first kappa shape index (κ1) is 12.1. The number of hydrogen-bond donors (Lipinski definition) is 1. The number of fused-ring (bicyclic) bond motifs is 1. The molecule has 1 unspecified atom stereocenters. The largest absolute Gasteiger partial charge is 0.316 e. The van der Waals surface area contributed by atoms with Crippen molar-refractivity contribution in [3.63, 3.8) is 0 Å². The van der Waals surface area contributed by atoms with E-state index in [1.165, 1.54) is 6.07 Å². The van der Waals surface area contributed by atoms with E-state index in [1.54, 1.807) is 6.07 Å². The summed E-state index contributed by atoms with van der Waals surface area (Å²) in [6, 6.07) is 7.49. The quantitative estimate of drug-likeness (QED) is 0.884. The van der Waals surface area contributed by atoms with Crippen LogP contribution in [0.25, 0.3) is 0 Å². The van der Waals surface area contributed by atoms with Gasteiger partial charge >= 0.3 is 0 Å². The lowest BCUT2D eigenvalue weighted by molar-refractivity contribution is 0.222. The third-order valence-electron chi connectivity index (χ3n) is 4.48. The Bertz CT molecular complexity index is 409. The molecular weight excluding hydrogens is 227 g/mol. The van der Waals surface area contributed by atoms with E-state index in [-0.39, 0.29) is 5.82 Å². The number of nitrogens with zero attached hydrogens (tertiary/aromatic N) is 1.